The van der Waals surface area contributed by atoms with Crippen LogP contribution in [0.15, 0.2) is 46.9 Å². The minimum absolute atomic E-state index is 0.0484. The van der Waals surface area contributed by atoms with Crippen LogP contribution in [0.3, 0.4) is 0 Å². The fourth-order valence-electron chi connectivity index (χ4n) is 3.56. The first kappa shape index (κ1) is 24.4. The monoisotopic (exact) mass is 427 g/mol. The van der Waals surface area contributed by atoms with Crippen molar-refractivity contribution >= 4 is 17.5 Å². The predicted molar refractivity (Wildman–Crippen MR) is 119 cm³/mol. The zero-order valence-corrected chi connectivity index (χ0v) is 19.0. The summed E-state index contributed by atoms with van der Waals surface area (Å²) in [6.45, 7) is 4.54. The van der Waals surface area contributed by atoms with Gasteiger partial charge in [-0.05, 0) is 30.9 Å². The fourth-order valence-corrected chi connectivity index (χ4v) is 3.56. The highest BCUT2D eigenvalue weighted by Gasteiger charge is 2.34. The smallest absolute Gasteiger partial charge is 0.228 e. The number of nitrogens with one attached hydrogen (secondary N) is 1. The normalized spacial score (nSPS) is 14.2. The van der Waals surface area contributed by atoms with Gasteiger partial charge in [-0.1, -0.05) is 50.5 Å². The number of amides is 1. The van der Waals surface area contributed by atoms with Crippen molar-refractivity contribution in [3.63, 3.8) is 0 Å². The first-order valence-corrected chi connectivity index (χ1v) is 10.9. The predicted octanol–water partition coefficient (Wildman–Crippen LogP) is 3.83. The van der Waals surface area contributed by atoms with Crippen molar-refractivity contribution in [2.45, 2.75) is 58.8 Å². The highest BCUT2D eigenvalue weighted by Crippen LogP contribution is 2.28. The summed E-state index contributed by atoms with van der Waals surface area (Å²) < 4.78 is 10.2. The number of carbonyl (C=O) groups excluding carboxylic acids is 3. The molecule has 1 aliphatic rings. The Morgan fingerprint density at radius 1 is 0.903 bits per heavy atom. The lowest BCUT2D eigenvalue weighted by atomic mass is 9.88. The van der Waals surface area contributed by atoms with E-state index < -0.39 is 0 Å². The van der Waals surface area contributed by atoms with Crippen LogP contribution in [0.2, 0.25) is 0 Å². The molecule has 0 fully saturated rings. The van der Waals surface area contributed by atoms with E-state index in [0.29, 0.717) is 30.4 Å². The lowest BCUT2D eigenvalue weighted by molar-refractivity contribution is -0.121. The zero-order valence-electron chi connectivity index (χ0n) is 19.0. The van der Waals surface area contributed by atoms with Crippen molar-refractivity contribution in [3.05, 3.63) is 58.1 Å². The number of methoxy groups -OCH3 is 2. The van der Waals surface area contributed by atoms with Crippen molar-refractivity contribution in [3.8, 4) is 0 Å². The Bertz CT molecular complexity index is 864. The molecular formula is C25H33NO5. The van der Waals surface area contributed by atoms with Crippen LogP contribution in [0.1, 0.15) is 57.1 Å². The van der Waals surface area contributed by atoms with E-state index in [2.05, 4.69) is 12.2 Å². The van der Waals surface area contributed by atoms with Gasteiger partial charge < -0.3 is 14.8 Å². The van der Waals surface area contributed by atoms with Gasteiger partial charge in [-0.2, -0.15) is 0 Å². The summed E-state index contributed by atoms with van der Waals surface area (Å²) >= 11 is 0. The van der Waals surface area contributed by atoms with Crippen molar-refractivity contribution < 1.29 is 23.9 Å². The first-order valence-electron chi connectivity index (χ1n) is 10.9. The summed E-state index contributed by atoms with van der Waals surface area (Å²) in [6.07, 6.45) is 6.00. The number of unbranched alkanes of at least 4 members (excludes halogenated alkanes) is 3. The van der Waals surface area contributed by atoms with Crippen LogP contribution in [0, 0.1) is 0 Å². The number of benzene rings is 1. The van der Waals surface area contributed by atoms with E-state index in [0.717, 1.165) is 30.5 Å². The second kappa shape index (κ2) is 12.1. The number of hydrogen-bond donors (Lipinski definition) is 1. The minimum Gasteiger partial charge on any atom is -0.489 e. The number of hydrogen-bond acceptors (Lipinski definition) is 5. The molecule has 1 aliphatic carbocycles. The molecule has 0 atom stereocenters. The molecule has 1 N–H and O–H groups in total. The van der Waals surface area contributed by atoms with Gasteiger partial charge in [-0.25, -0.2) is 0 Å². The minimum atomic E-state index is -0.328. The molecule has 6 nitrogen and oxygen atoms in total. The molecule has 0 aliphatic heterocycles. The van der Waals surface area contributed by atoms with Gasteiger partial charge in [0.1, 0.15) is 0 Å². The number of ketones is 2. The molecule has 2 rings (SSSR count). The van der Waals surface area contributed by atoms with Gasteiger partial charge in [0, 0.05) is 30.5 Å². The molecule has 31 heavy (non-hydrogen) atoms. The summed E-state index contributed by atoms with van der Waals surface area (Å²) in [4.78, 5) is 37.2. The van der Waals surface area contributed by atoms with E-state index >= 15 is 0 Å². The molecule has 1 aromatic carbocycles. The average Bonchev–Trinajstić information content (AvgIpc) is 2.78. The van der Waals surface area contributed by atoms with Gasteiger partial charge in [0.15, 0.2) is 0 Å². The summed E-state index contributed by atoms with van der Waals surface area (Å²) in [5.74, 6) is -0.680. The second-order valence-corrected chi connectivity index (χ2v) is 7.73. The number of ether oxygens (including phenoxy) is 2. The van der Waals surface area contributed by atoms with Crippen LogP contribution in [-0.4, -0.2) is 38.2 Å². The van der Waals surface area contributed by atoms with E-state index in [9.17, 15) is 14.4 Å². The van der Waals surface area contributed by atoms with E-state index in [-0.39, 0.29) is 29.0 Å². The maximum absolute atomic E-state index is 12.8. The Hall–Kier alpha value is -2.89. The lowest BCUT2D eigenvalue weighted by Gasteiger charge is -2.20. The van der Waals surface area contributed by atoms with Crippen LogP contribution in [0.4, 0.5) is 0 Å². The van der Waals surface area contributed by atoms with Crippen LogP contribution >= 0.6 is 0 Å². The SMILES string of the molecule is CCCCCCNC(=O)CCc1ccc(CC2=C(C)C(=O)C(OC)=C(OC)C2=O)cc1. The maximum Gasteiger partial charge on any atom is 0.228 e. The Morgan fingerprint density at radius 2 is 1.52 bits per heavy atom. The van der Waals surface area contributed by atoms with E-state index in [1.807, 2.05) is 24.3 Å². The molecule has 0 bridgehead atoms. The second-order valence-electron chi connectivity index (χ2n) is 7.73. The molecule has 1 aromatic rings. The van der Waals surface area contributed by atoms with E-state index in [1.165, 1.54) is 27.1 Å². The number of carbonyl (C=O) groups is 3. The van der Waals surface area contributed by atoms with Gasteiger partial charge in [0.05, 0.1) is 14.2 Å². The highest BCUT2D eigenvalue weighted by atomic mass is 16.5. The van der Waals surface area contributed by atoms with Crippen LogP contribution < -0.4 is 5.32 Å². The summed E-state index contributed by atoms with van der Waals surface area (Å²) in [7, 11) is 2.71. The first-order chi connectivity index (χ1) is 14.9. The maximum atomic E-state index is 12.8. The van der Waals surface area contributed by atoms with E-state index in [1.54, 1.807) is 6.92 Å². The largest absolute Gasteiger partial charge is 0.489 e. The molecule has 0 heterocycles. The van der Waals surface area contributed by atoms with Gasteiger partial charge >= 0.3 is 0 Å². The third-order valence-corrected chi connectivity index (χ3v) is 5.49. The Morgan fingerprint density at radius 3 is 2.13 bits per heavy atom. The molecule has 0 aromatic heterocycles. The Kier molecular flexibility index (Phi) is 9.50. The molecule has 0 spiro atoms. The number of aryl methyl sites for hydroxylation is 1. The topological polar surface area (TPSA) is 81.7 Å². The molecule has 0 saturated carbocycles. The summed E-state index contributed by atoms with van der Waals surface area (Å²) in [5, 5.41) is 2.97. The van der Waals surface area contributed by atoms with Crippen LogP contribution in [0.25, 0.3) is 0 Å². The lowest BCUT2D eigenvalue weighted by Crippen LogP contribution is -2.26. The van der Waals surface area contributed by atoms with Gasteiger partial charge in [-0.3, -0.25) is 14.4 Å². The zero-order chi connectivity index (χ0) is 22.8. The van der Waals surface area contributed by atoms with Gasteiger partial charge in [0.25, 0.3) is 0 Å². The molecule has 6 heteroatoms. The Balaban J connectivity index is 1.92. The van der Waals surface area contributed by atoms with Crippen LogP contribution in [-0.2, 0) is 36.7 Å². The fraction of sp³-hybridized carbons (Fsp3) is 0.480. The molecule has 0 saturated heterocycles. The third-order valence-electron chi connectivity index (χ3n) is 5.49. The molecule has 1 amide bonds. The highest BCUT2D eigenvalue weighted by molar-refractivity contribution is 6.23. The quantitative estimate of drug-likeness (QED) is 0.405. The van der Waals surface area contributed by atoms with E-state index in [4.69, 9.17) is 9.47 Å². The van der Waals surface area contributed by atoms with Crippen LogP contribution in [0.5, 0.6) is 0 Å². The molecular weight excluding hydrogens is 394 g/mol. The number of allylic oxidation sites excluding steroid dienone is 2. The number of rotatable bonds is 12. The Labute approximate surface area is 184 Å². The van der Waals surface area contributed by atoms with Crippen molar-refractivity contribution in [1.29, 1.82) is 0 Å². The van der Waals surface area contributed by atoms with Gasteiger partial charge in [0.2, 0.25) is 29.0 Å². The molecule has 168 valence electrons. The van der Waals surface area contributed by atoms with Crippen molar-refractivity contribution in [1.82, 2.24) is 5.32 Å². The third kappa shape index (κ3) is 6.54. The van der Waals surface area contributed by atoms with Crippen molar-refractivity contribution in [2.75, 3.05) is 20.8 Å². The number of Topliss-reactive ketones (excluding diaryl/α,β-unsaturated/α-hetero) is 2. The standard InChI is InChI=1S/C25H33NO5/c1-5-6-7-8-15-26-21(27)14-13-18-9-11-19(12-10-18)16-20-17(2)22(28)24(30-3)25(31-4)23(20)29/h9-12H,5-8,13-16H2,1-4H3,(H,26,27). The summed E-state index contributed by atoms with van der Waals surface area (Å²) in [6, 6.07) is 7.78. The molecule has 0 unspecified atom stereocenters. The molecule has 0 radical (unpaired) electrons. The van der Waals surface area contributed by atoms with Crippen molar-refractivity contribution in [2.24, 2.45) is 0 Å². The summed E-state index contributed by atoms with van der Waals surface area (Å²) in [5.41, 5.74) is 2.76. The average molecular weight is 428 g/mol. The van der Waals surface area contributed by atoms with Gasteiger partial charge in [-0.15, -0.1) is 0 Å².